The fraction of sp³-hybridized carbons (Fsp3) is 0.0938. The Hall–Kier alpha value is -3.89. The third-order valence-corrected chi connectivity index (χ3v) is 8.03. The van der Waals surface area contributed by atoms with Crippen LogP contribution in [0.5, 0.6) is 0 Å². The van der Waals surface area contributed by atoms with Gasteiger partial charge in [-0.1, -0.05) is 127 Å². The van der Waals surface area contributed by atoms with Crippen LogP contribution in [0, 0.1) is 0 Å². The Kier molecular flexibility index (Phi) is 9.71. The second-order valence-electron chi connectivity index (χ2n) is 8.63. The van der Waals surface area contributed by atoms with Crippen LogP contribution < -0.4 is 0 Å². The van der Waals surface area contributed by atoms with E-state index in [0.717, 1.165) is 22.9 Å². The van der Waals surface area contributed by atoms with Crippen molar-refractivity contribution in [3.63, 3.8) is 0 Å². The molecule has 4 heteroatoms. The minimum atomic E-state index is -0.170. The third kappa shape index (κ3) is 7.30. The van der Waals surface area contributed by atoms with Gasteiger partial charge in [0.05, 0.1) is 6.33 Å². The maximum atomic E-state index is 5.67. The average Bonchev–Trinajstić information content (AvgIpc) is 3.48. The van der Waals surface area contributed by atoms with Gasteiger partial charge in [-0.2, -0.15) is 0 Å². The monoisotopic (exact) mass is 482 g/mol. The largest absolute Gasteiger partial charge is 0.341 e. The maximum Gasteiger partial charge on any atom is 0.103 e. The fourth-order valence-corrected chi connectivity index (χ4v) is 6.28. The van der Waals surface area contributed by atoms with Gasteiger partial charge in [-0.15, -0.1) is 5.98 Å². The first-order valence-corrected chi connectivity index (χ1v) is 14.4. The summed E-state index contributed by atoms with van der Waals surface area (Å²) in [6.45, 7) is 0. The molecule has 0 N–H and O–H groups in total. The molecule has 0 saturated carbocycles. The Balaban J connectivity index is 0.000000179. The van der Waals surface area contributed by atoms with E-state index < -0.39 is 0 Å². The van der Waals surface area contributed by atoms with Crippen molar-refractivity contribution in [2.24, 2.45) is 0 Å². The van der Waals surface area contributed by atoms with Crippen LogP contribution in [-0.2, 0) is 6.17 Å². The lowest BCUT2D eigenvalue weighted by Gasteiger charge is -2.18. The van der Waals surface area contributed by atoms with Crippen molar-refractivity contribution in [2.45, 2.75) is 18.1 Å². The minimum absolute atomic E-state index is 0.170. The minimum Gasteiger partial charge on any atom is -0.341 e. The number of hydrogen-bond acceptors (Lipinski definition) is 1. The zero-order chi connectivity index (χ0) is 24.8. The molecule has 0 fully saturated rings. The predicted octanol–water partition coefficient (Wildman–Crippen LogP) is 6.50. The van der Waals surface area contributed by atoms with Gasteiger partial charge in [0.2, 0.25) is 0 Å². The highest BCUT2D eigenvalue weighted by Gasteiger charge is 2.13. The van der Waals surface area contributed by atoms with E-state index in [0.29, 0.717) is 5.92 Å². The summed E-state index contributed by atoms with van der Waals surface area (Å²) in [6, 6.07) is 43.4. The zero-order valence-corrected chi connectivity index (χ0v) is 21.9. The van der Waals surface area contributed by atoms with Crippen molar-refractivity contribution in [3.05, 3.63) is 168 Å². The fourth-order valence-electron chi connectivity index (χ4n) is 4.39. The van der Waals surface area contributed by atoms with E-state index in [1.807, 2.05) is 48.9 Å². The van der Waals surface area contributed by atoms with Gasteiger partial charge in [-0.25, -0.2) is 4.98 Å². The van der Waals surface area contributed by atoms with Crippen LogP contribution in [0.25, 0.3) is 5.57 Å². The molecule has 4 aromatic carbocycles. The van der Waals surface area contributed by atoms with E-state index in [2.05, 4.69) is 101 Å². The van der Waals surface area contributed by atoms with E-state index in [1.54, 1.807) is 5.98 Å². The normalized spacial score (nSPS) is 10.7. The van der Waals surface area contributed by atoms with Gasteiger partial charge >= 0.3 is 0 Å². The van der Waals surface area contributed by atoms with Gasteiger partial charge in [0.25, 0.3) is 0 Å². The summed E-state index contributed by atoms with van der Waals surface area (Å²) in [5.74, 6) is 2.19. The molecule has 1 aromatic heterocycles. The van der Waals surface area contributed by atoms with Crippen LogP contribution in [0.15, 0.2) is 146 Å². The van der Waals surface area contributed by atoms with Gasteiger partial charge < -0.3 is 4.57 Å². The van der Waals surface area contributed by atoms with Crippen LogP contribution in [0.2, 0.25) is 6.04 Å². The summed E-state index contributed by atoms with van der Waals surface area (Å²) in [6.07, 6.45) is 7.01. The van der Waals surface area contributed by atoms with Gasteiger partial charge in [0.1, 0.15) is 7.85 Å². The topological polar surface area (TPSA) is 17.8 Å². The summed E-state index contributed by atoms with van der Waals surface area (Å²) >= 11 is 0. The summed E-state index contributed by atoms with van der Waals surface area (Å²) in [5.41, 5.74) is 6.22. The standard InChI is InChI=1S/C18H20N2Si.C14H11B/c1-3-7-16(8-4-1)18(17-9-5-2-6-10-17)13-21-15-20-12-11-19-14-20;15-11-14(12-7-3-1-4-8-12)13-9-5-2-6-10-13/h1-12,14,18H,13,15,21H2;1-11H. The van der Waals surface area contributed by atoms with Crippen molar-refractivity contribution in [1.82, 2.24) is 9.55 Å². The Morgan fingerprint density at radius 1 is 0.722 bits per heavy atom. The summed E-state index contributed by atoms with van der Waals surface area (Å²) in [7, 11) is 5.51. The molecule has 36 heavy (non-hydrogen) atoms. The quantitative estimate of drug-likeness (QED) is 0.231. The molecule has 0 saturated heterocycles. The first-order valence-electron chi connectivity index (χ1n) is 12.4. The van der Waals surface area contributed by atoms with Crippen LogP contribution in [0.4, 0.5) is 0 Å². The molecule has 0 unspecified atom stereocenters. The second-order valence-corrected chi connectivity index (χ2v) is 10.4. The molecule has 1 heterocycles. The van der Waals surface area contributed by atoms with E-state index in [4.69, 9.17) is 7.85 Å². The van der Waals surface area contributed by atoms with E-state index >= 15 is 0 Å². The third-order valence-electron chi connectivity index (χ3n) is 6.21. The van der Waals surface area contributed by atoms with Gasteiger partial charge in [-0.3, -0.25) is 0 Å². The van der Waals surface area contributed by atoms with Crippen molar-refractivity contribution in [2.75, 3.05) is 0 Å². The van der Waals surface area contributed by atoms with Crippen molar-refractivity contribution in [3.8, 4) is 0 Å². The molecule has 0 bridgehead atoms. The van der Waals surface area contributed by atoms with Crippen molar-refractivity contribution in [1.29, 1.82) is 0 Å². The molecule has 5 aromatic rings. The van der Waals surface area contributed by atoms with E-state index in [9.17, 15) is 0 Å². The van der Waals surface area contributed by atoms with Crippen LogP contribution >= 0.6 is 0 Å². The van der Waals surface area contributed by atoms with Crippen LogP contribution in [0.1, 0.15) is 28.2 Å². The van der Waals surface area contributed by atoms with E-state index in [1.165, 1.54) is 17.2 Å². The number of rotatable bonds is 8. The Bertz CT molecular complexity index is 1210. The molecular weight excluding hydrogens is 451 g/mol. The highest BCUT2D eigenvalue weighted by molar-refractivity contribution is 6.34. The molecule has 0 aliphatic rings. The summed E-state index contributed by atoms with van der Waals surface area (Å²) in [5, 5.41) is 0. The molecule has 0 amide bonds. The van der Waals surface area contributed by atoms with E-state index in [-0.39, 0.29) is 9.52 Å². The van der Waals surface area contributed by atoms with Crippen molar-refractivity contribution < 1.29 is 0 Å². The lowest BCUT2D eigenvalue weighted by Crippen LogP contribution is -2.09. The Labute approximate surface area is 218 Å². The highest BCUT2D eigenvalue weighted by atomic mass is 28.2. The SMILES string of the molecule is [B]C=C(c1ccccc1)c1ccccc1.c1ccc(C(C[SiH2]Cn2ccnc2)c2ccccc2)cc1. The summed E-state index contributed by atoms with van der Waals surface area (Å²) < 4.78 is 2.21. The van der Waals surface area contributed by atoms with Crippen LogP contribution in [-0.4, -0.2) is 26.9 Å². The van der Waals surface area contributed by atoms with Crippen molar-refractivity contribution >= 4 is 22.9 Å². The maximum absolute atomic E-state index is 5.67. The zero-order valence-electron chi connectivity index (χ0n) is 20.5. The molecule has 0 aliphatic heterocycles. The number of aromatic nitrogens is 2. The Morgan fingerprint density at radius 3 is 1.61 bits per heavy atom. The van der Waals surface area contributed by atoms with Gasteiger partial charge in [-0.05, 0) is 27.8 Å². The number of hydrogen-bond donors (Lipinski definition) is 0. The van der Waals surface area contributed by atoms with Gasteiger partial charge in [0.15, 0.2) is 0 Å². The second kappa shape index (κ2) is 13.9. The molecule has 176 valence electrons. The van der Waals surface area contributed by atoms with Crippen LogP contribution in [0.3, 0.4) is 0 Å². The highest BCUT2D eigenvalue weighted by Crippen LogP contribution is 2.28. The molecule has 2 radical (unpaired) electrons. The molecule has 0 spiro atoms. The average molecular weight is 483 g/mol. The molecule has 0 atom stereocenters. The lowest BCUT2D eigenvalue weighted by atomic mass is 9.92. The summed E-state index contributed by atoms with van der Waals surface area (Å²) in [4.78, 5) is 4.12. The molecule has 2 nitrogen and oxygen atoms in total. The molecule has 0 aliphatic carbocycles. The predicted molar refractivity (Wildman–Crippen MR) is 156 cm³/mol. The molecule has 5 rings (SSSR count). The number of imidazole rings is 1. The number of nitrogens with zero attached hydrogens (tertiary/aromatic N) is 2. The first-order chi connectivity index (χ1) is 17.8. The lowest BCUT2D eigenvalue weighted by molar-refractivity contribution is 0.844. The first kappa shape index (κ1) is 25.2. The van der Waals surface area contributed by atoms with Gasteiger partial charge in [0, 0.05) is 34.0 Å². The Morgan fingerprint density at radius 2 is 1.19 bits per heavy atom. The smallest absolute Gasteiger partial charge is 0.103 e. The molecular formula is C32H31BN2Si. The number of benzene rings is 4.